The number of aryl methyl sites for hydroxylation is 1. The third-order valence-corrected chi connectivity index (χ3v) is 4.38. The second-order valence-electron chi connectivity index (χ2n) is 5.81. The van der Waals surface area contributed by atoms with Gasteiger partial charge in [-0.2, -0.15) is 0 Å². The van der Waals surface area contributed by atoms with Gasteiger partial charge in [0.1, 0.15) is 0 Å². The molecule has 1 amide bonds. The fourth-order valence-corrected chi connectivity index (χ4v) is 2.92. The number of para-hydroxylation sites is 1. The van der Waals surface area contributed by atoms with Crippen molar-refractivity contribution in [3.8, 4) is 0 Å². The topological polar surface area (TPSA) is 45.2 Å². The zero-order valence-corrected chi connectivity index (χ0v) is 15.2. The molecule has 0 saturated carbocycles. The molecule has 1 aliphatic rings. The van der Waals surface area contributed by atoms with Gasteiger partial charge in [-0.15, -0.1) is 24.8 Å². The molecular weight excluding hydrogens is 333 g/mol. The van der Waals surface area contributed by atoms with Crippen LogP contribution in [-0.2, 0) is 0 Å². The van der Waals surface area contributed by atoms with Crippen molar-refractivity contribution >= 4 is 41.6 Å². The second-order valence-corrected chi connectivity index (χ2v) is 5.81. The van der Waals surface area contributed by atoms with Gasteiger partial charge in [0.2, 0.25) is 0 Å². The number of carbonyl (C=O) groups is 1. The van der Waals surface area contributed by atoms with Crippen LogP contribution in [-0.4, -0.2) is 41.0 Å². The first-order chi connectivity index (χ1) is 10.1. The lowest BCUT2D eigenvalue weighted by Gasteiger charge is -2.38. The molecular formula is C17H23Cl2N3O. The van der Waals surface area contributed by atoms with Crippen LogP contribution < -0.4 is 5.32 Å². The van der Waals surface area contributed by atoms with Gasteiger partial charge in [0.25, 0.3) is 5.91 Å². The second kappa shape index (κ2) is 7.95. The average molecular weight is 356 g/mol. The first kappa shape index (κ1) is 19.7. The minimum absolute atomic E-state index is 0. The Morgan fingerprint density at radius 3 is 2.70 bits per heavy atom. The Labute approximate surface area is 149 Å². The van der Waals surface area contributed by atoms with Crippen molar-refractivity contribution in [3.05, 3.63) is 41.6 Å². The number of nitrogens with zero attached hydrogens (tertiary/aromatic N) is 2. The van der Waals surface area contributed by atoms with Gasteiger partial charge >= 0.3 is 0 Å². The number of piperazine rings is 1. The van der Waals surface area contributed by atoms with Crippen LogP contribution in [0.25, 0.3) is 10.9 Å². The van der Waals surface area contributed by atoms with Crippen LogP contribution in [0, 0.1) is 6.92 Å². The molecule has 1 aliphatic heterocycles. The zero-order valence-electron chi connectivity index (χ0n) is 13.6. The Hall–Kier alpha value is -1.36. The molecule has 2 unspecified atom stereocenters. The maximum atomic E-state index is 12.9. The molecule has 1 aromatic carbocycles. The van der Waals surface area contributed by atoms with Crippen molar-refractivity contribution in [1.29, 1.82) is 0 Å². The summed E-state index contributed by atoms with van der Waals surface area (Å²) in [6.45, 7) is 7.76. The molecule has 0 radical (unpaired) electrons. The quantitative estimate of drug-likeness (QED) is 0.854. The summed E-state index contributed by atoms with van der Waals surface area (Å²) < 4.78 is 0. The van der Waals surface area contributed by atoms with Crippen molar-refractivity contribution in [2.24, 2.45) is 0 Å². The molecule has 0 aliphatic carbocycles. The summed E-state index contributed by atoms with van der Waals surface area (Å²) in [6.07, 6.45) is 0. The molecule has 0 spiro atoms. The fraction of sp³-hybridized carbons (Fsp3) is 0.412. The van der Waals surface area contributed by atoms with E-state index in [1.165, 1.54) is 0 Å². The average Bonchev–Trinajstić information content (AvgIpc) is 2.48. The predicted molar refractivity (Wildman–Crippen MR) is 98.9 cm³/mol. The first-order valence-electron chi connectivity index (χ1n) is 7.48. The van der Waals surface area contributed by atoms with Gasteiger partial charge in [0.05, 0.1) is 11.1 Å². The minimum atomic E-state index is 0. The van der Waals surface area contributed by atoms with E-state index in [-0.39, 0.29) is 36.8 Å². The van der Waals surface area contributed by atoms with E-state index < -0.39 is 0 Å². The van der Waals surface area contributed by atoms with E-state index in [0.29, 0.717) is 11.6 Å². The molecule has 1 N–H and O–H groups in total. The monoisotopic (exact) mass is 355 g/mol. The summed E-state index contributed by atoms with van der Waals surface area (Å²) in [5.41, 5.74) is 2.45. The number of pyridine rings is 1. The highest BCUT2D eigenvalue weighted by atomic mass is 35.5. The molecule has 1 fully saturated rings. The lowest BCUT2D eigenvalue weighted by Crippen LogP contribution is -2.57. The zero-order chi connectivity index (χ0) is 15.0. The van der Waals surface area contributed by atoms with Gasteiger partial charge in [-0.3, -0.25) is 9.78 Å². The van der Waals surface area contributed by atoms with E-state index >= 15 is 0 Å². The largest absolute Gasteiger partial charge is 0.333 e. The summed E-state index contributed by atoms with van der Waals surface area (Å²) in [5, 5.41) is 4.42. The summed E-state index contributed by atoms with van der Waals surface area (Å²) in [4.78, 5) is 19.5. The number of rotatable bonds is 1. The summed E-state index contributed by atoms with van der Waals surface area (Å²) >= 11 is 0. The maximum Gasteiger partial charge on any atom is 0.256 e. The molecule has 6 heteroatoms. The van der Waals surface area contributed by atoms with E-state index in [1.807, 2.05) is 42.2 Å². The molecule has 2 heterocycles. The number of hydrogen-bond acceptors (Lipinski definition) is 3. The van der Waals surface area contributed by atoms with E-state index in [0.717, 1.165) is 29.7 Å². The minimum Gasteiger partial charge on any atom is -0.333 e. The Morgan fingerprint density at radius 1 is 1.22 bits per heavy atom. The number of benzene rings is 1. The summed E-state index contributed by atoms with van der Waals surface area (Å²) in [5.74, 6) is 0.0829. The number of halogens is 2. The number of amides is 1. The number of aromatic nitrogens is 1. The number of fused-ring (bicyclic) bond motifs is 1. The Balaban J connectivity index is 0.00000132. The van der Waals surface area contributed by atoms with Crippen LogP contribution in [0.5, 0.6) is 0 Å². The van der Waals surface area contributed by atoms with Gasteiger partial charge < -0.3 is 10.2 Å². The number of hydrogen-bond donors (Lipinski definition) is 1. The van der Waals surface area contributed by atoms with Gasteiger partial charge in [0.15, 0.2) is 0 Å². The molecule has 1 aromatic heterocycles. The van der Waals surface area contributed by atoms with Crippen LogP contribution in [0.3, 0.4) is 0 Å². The van der Waals surface area contributed by atoms with Crippen LogP contribution in [0.15, 0.2) is 30.3 Å². The molecule has 0 bridgehead atoms. The van der Waals surface area contributed by atoms with Gasteiger partial charge in [-0.1, -0.05) is 18.2 Å². The molecule has 126 valence electrons. The van der Waals surface area contributed by atoms with Crippen LogP contribution >= 0.6 is 24.8 Å². The van der Waals surface area contributed by atoms with E-state index in [9.17, 15) is 4.79 Å². The molecule has 23 heavy (non-hydrogen) atoms. The van der Waals surface area contributed by atoms with Crippen LogP contribution in [0.4, 0.5) is 0 Å². The van der Waals surface area contributed by atoms with Crippen LogP contribution in [0.1, 0.15) is 29.9 Å². The maximum absolute atomic E-state index is 12.9. The lowest BCUT2D eigenvalue weighted by atomic mass is 10.0. The lowest BCUT2D eigenvalue weighted by molar-refractivity contribution is 0.0605. The van der Waals surface area contributed by atoms with Gasteiger partial charge in [-0.25, -0.2) is 0 Å². The number of carbonyl (C=O) groups excluding carboxylic acids is 1. The van der Waals surface area contributed by atoms with Crippen molar-refractivity contribution in [2.45, 2.75) is 32.9 Å². The molecule has 4 nitrogen and oxygen atoms in total. The number of nitrogens with one attached hydrogen (secondary N) is 1. The highest BCUT2D eigenvalue weighted by molar-refractivity contribution is 6.05. The Kier molecular flexibility index (Phi) is 6.81. The first-order valence-corrected chi connectivity index (χ1v) is 7.48. The summed E-state index contributed by atoms with van der Waals surface area (Å²) in [7, 11) is 0. The Morgan fingerprint density at radius 2 is 1.96 bits per heavy atom. The Bertz CT molecular complexity index is 693. The highest BCUT2D eigenvalue weighted by Crippen LogP contribution is 2.21. The molecule has 1 saturated heterocycles. The molecule has 2 aromatic rings. The molecule has 3 rings (SSSR count). The standard InChI is InChI=1S/C17H21N3O.2ClH/c1-11-7-8-14-5-4-6-15(16(14)19-11)17(21)20-10-9-18-12(2)13(20)3;;/h4-8,12-13,18H,9-10H2,1-3H3;2*1H. The predicted octanol–water partition coefficient (Wildman–Crippen LogP) is 3.21. The molecule has 2 atom stereocenters. The van der Waals surface area contributed by atoms with Crippen molar-refractivity contribution in [2.75, 3.05) is 13.1 Å². The van der Waals surface area contributed by atoms with Crippen molar-refractivity contribution in [3.63, 3.8) is 0 Å². The smallest absolute Gasteiger partial charge is 0.256 e. The van der Waals surface area contributed by atoms with Gasteiger partial charge in [0, 0.05) is 36.3 Å². The summed E-state index contributed by atoms with van der Waals surface area (Å²) in [6, 6.07) is 10.3. The third kappa shape index (κ3) is 3.77. The SMILES string of the molecule is Cc1ccc2cccc(C(=O)N3CCNC(C)C3C)c2n1.Cl.Cl. The van der Waals surface area contributed by atoms with Crippen LogP contribution in [0.2, 0.25) is 0 Å². The van der Waals surface area contributed by atoms with E-state index in [1.54, 1.807) is 0 Å². The third-order valence-electron chi connectivity index (χ3n) is 4.38. The van der Waals surface area contributed by atoms with Gasteiger partial charge in [-0.05, 0) is 32.9 Å². The van der Waals surface area contributed by atoms with Crippen molar-refractivity contribution < 1.29 is 4.79 Å². The fourth-order valence-electron chi connectivity index (χ4n) is 2.92. The van der Waals surface area contributed by atoms with Crippen molar-refractivity contribution in [1.82, 2.24) is 15.2 Å². The van der Waals surface area contributed by atoms with E-state index in [4.69, 9.17) is 0 Å². The normalized spacial score (nSPS) is 20.6. The van der Waals surface area contributed by atoms with E-state index in [2.05, 4.69) is 24.1 Å². The highest BCUT2D eigenvalue weighted by Gasteiger charge is 2.29.